The highest BCUT2D eigenvalue weighted by Crippen LogP contribution is 2.18. The van der Waals surface area contributed by atoms with E-state index in [2.05, 4.69) is 10.3 Å². The van der Waals surface area contributed by atoms with Crippen LogP contribution in [0, 0.1) is 0 Å². The smallest absolute Gasteiger partial charge is 0.252 e. The highest BCUT2D eigenvalue weighted by Gasteiger charge is 2.18. The van der Waals surface area contributed by atoms with Crippen molar-refractivity contribution in [1.29, 1.82) is 0 Å². The van der Waals surface area contributed by atoms with Gasteiger partial charge in [-0.15, -0.1) is 11.3 Å². The van der Waals surface area contributed by atoms with Gasteiger partial charge in [-0.25, -0.2) is 4.98 Å². The van der Waals surface area contributed by atoms with Crippen LogP contribution in [0.25, 0.3) is 0 Å². The summed E-state index contributed by atoms with van der Waals surface area (Å²) in [6, 6.07) is 14.3. The number of nitrogens with zero attached hydrogens (tertiary/aromatic N) is 2. The number of anilines is 1. The zero-order chi connectivity index (χ0) is 18.5. The van der Waals surface area contributed by atoms with Gasteiger partial charge in [0.2, 0.25) is 5.78 Å². The molecule has 0 saturated carbocycles. The van der Waals surface area contributed by atoms with Crippen molar-refractivity contribution in [2.45, 2.75) is 6.54 Å². The number of hydrogen-bond acceptors (Lipinski definition) is 5. The number of pyridine rings is 1. The summed E-state index contributed by atoms with van der Waals surface area (Å²) < 4.78 is 0. The van der Waals surface area contributed by atoms with Crippen LogP contribution in [0.15, 0.2) is 60.1 Å². The summed E-state index contributed by atoms with van der Waals surface area (Å²) in [7, 11) is 3.84. The Morgan fingerprint density at radius 1 is 1.04 bits per heavy atom. The maximum absolute atomic E-state index is 12.6. The Bertz CT molecular complexity index is 903. The Morgan fingerprint density at radius 3 is 2.42 bits per heavy atom. The van der Waals surface area contributed by atoms with Crippen molar-refractivity contribution in [1.82, 2.24) is 10.3 Å². The normalized spacial score (nSPS) is 10.4. The molecule has 6 heteroatoms. The van der Waals surface area contributed by atoms with Gasteiger partial charge in [0.05, 0.1) is 10.4 Å². The number of carbonyl (C=O) groups is 2. The van der Waals surface area contributed by atoms with E-state index in [4.69, 9.17) is 0 Å². The molecule has 1 aromatic carbocycles. The lowest BCUT2D eigenvalue weighted by atomic mass is 10.0. The van der Waals surface area contributed by atoms with Gasteiger partial charge in [0.15, 0.2) is 0 Å². The zero-order valence-electron chi connectivity index (χ0n) is 14.6. The minimum absolute atomic E-state index is 0.136. The van der Waals surface area contributed by atoms with Gasteiger partial charge in [0, 0.05) is 32.4 Å². The molecule has 0 bridgehead atoms. The SMILES string of the molecule is CN(C)c1ccc(CNC(=O)c2ccccc2C(=O)c2cccs2)cn1. The van der Waals surface area contributed by atoms with Gasteiger partial charge in [0.25, 0.3) is 5.91 Å². The van der Waals surface area contributed by atoms with Crippen LogP contribution < -0.4 is 10.2 Å². The molecule has 3 rings (SSSR count). The molecule has 0 fully saturated rings. The van der Waals surface area contributed by atoms with E-state index < -0.39 is 0 Å². The van der Waals surface area contributed by atoms with Crippen LogP contribution in [0.1, 0.15) is 31.2 Å². The summed E-state index contributed by atoms with van der Waals surface area (Å²) in [6.07, 6.45) is 1.73. The van der Waals surface area contributed by atoms with Crippen LogP contribution in [-0.2, 0) is 6.54 Å². The molecule has 1 amide bonds. The zero-order valence-corrected chi connectivity index (χ0v) is 15.4. The van der Waals surface area contributed by atoms with E-state index in [1.54, 1.807) is 36.5 Å². The summed E-state index contributed by atoms with van der Waals surface area (Å²) in [5.74, 6) is 0.442. The molecule has 2 heterocycles. The number of carbonyl (C=O) groups excluding carboxylic acids is 2. The van der Waals surface area contributed by atoms with E-state index >= 15 is 0 Å². The highest BCUT2D eigenvalue weighted by molar-refractivity contribution is 7.12. The third-order valence-corrected chi connectivity index (χ3v) is 4.75. The van der Waals surface area contributed by atoms with Crippen molar-refractivity contribution in [2.24, 2.45) is 0 Å². The van der Waals surface area contributed by atoms with Crippen LogP contribution in [0.4, 0.5) is 5.82 Å². The molecule has 0 saturated heterocycles. The van der Waals surface area contributed by atoms with Crippen molar-refractivity contribution < 1.29 is 9.59 Å². The first-order valence-electron chi connectivity index (χ1n) is 8.14. The molecule has 2 aromatic heterocycles. The first-order valence-corrected chi connectivity index (χ1v) is 9.02. The maximum Gasteiger partial charge on any atom is 0.252 e. The Balaban J connectivity index is 1.73. The van der Waals surface area contributed by atoms with Gasteiger partial charge in [-0.2, -0.15) is 0 Å². The number of thiophene rings is 1. The summed E-state index contributed by atoms with van der Waals surface area (Å²) >= 11 is 1.37. The van der Waals surface area contributed by atoms with E-state index in [-0.39, 0.29) is 11.7 Å². The Kier molecular flexibility index (Phi) is 5.43. The number of aromatic nitrogens is 1. The Morgan fingerprint density at radius 2 is 1.81 bits per heavy atom. The summed E-state index contributed by atoms with van der Waals surface area (Å²) in [5, 5.41) is 4.71. The average molecular weight is 365 g/mol. The van der Waals surface area contributed by atoms with E-state index in [1.165, 1.54) is 11.3 Å². The quantitative estimate of drug-likeness (QED) is 0.681. The third-order valence-electron chi connectivity index (χ3n) is 3.88. The number of amides is 1. The third kappa shape index (κ3) is 3.97. The molecular weight excluding hydrogens is 346 g/mol. The highest BCUT2D eigenvalue weighted by atomic mass is 32.1. The second-order valence-corrected chi connectivity index (χ2v) is 6.90. The molecule has 26 heavy (non-hydrogen) atoms. The monoisotopic (exact) mass is 365 g/mol. The topological polar surface area (TPSA) is 62.3 Å². The molecule has 0 aliphatic heterocycles. The lowest BCUT2D eigenvalue weighted by Crippen LogP contribution is -2.25. The maximum atomic E-state index is 12.6. The van der Waals surface area contributed by atoms with Crippen molar-refractivity contribution >= 4 is 28.8 Å². The largest absolute Gasteiger partial charge is 0.363 e. The molecule has 3 aromatic rings. The fourth-order valence-electron chi connectivity index (χ4n) is 2.48. The van der Waals surface area contributed by atoms with Gasteiger partial charge in [-0.1, -0.05) is 30.3 Å². The minimum atomic E-state index is -0.276. The van der Waals surface area contributed by atoms with Crippen molar-refractivity contribution in [3.05, 3.63) is 81.7 Å². The number of hydrogen-bond donors (Lipinski definition) is 1. The van der Waals surface area contributed by atoms with E-state index in [1.807, 2.05) is 42.6 Å². The van der Waals surface area contributed by atoms with Crippen molar-refractivity contribution in [2.75, 3.05) is 19.0 Å². The van der Waals surface area contributed by atoms with Crippen LogP contribution in [0.3, 0.4) is 0 Å². The predicted octanol–water partition coefficient (Wildman–Crippen LogP) is 3.37. The van der Waals surface area contributed by atoms with Gasteiger partial charge >= 0.3 is 0 Å². The van der Waals surface area contributed by atoms with Crippen LogP contribution in [0.2, 0.25) is 0 Å². The van der Waals surface area contributed by atoms with E-state index in [0.717, 1.165) is 11.4 Å². The first-order chi connectivity index (χ1) is 12.6. The molecule has 0 aliphatic rings. The summed E-state index contributed by atoms with van der Waals surface area (Å²) in [4.78, 5) is 32.1. The van der Waals surface area contributed by atoms with E-state index in [9.17, 15) is 9.59 Å². The lowest BCUT2D eigenvalue weighted by molar-refractivity contribution is 0.0940. The molecule has 0 spiro atoms. The molecule has 5 nitrogen and oxygen atoms in total. The van der Waals surface area contributed by atoms with Crippen LogP contribution in [-0.4, -0.2) is 30.8 Å². The standard InChI is InChI=1S/C20H19N3O2S/c1-23(2)18-10-9-14(12-21-18)13-22-20(25)16-7-4-3-6-15(16)19(24)17-8-5-11-26-17/h3-12H,13H2,1-2H3,(H,22,25). The second kappa shape index (κ2) is 7.93. The minimum Gasteiger partial charge on any atom is -0.363 e. The van der Waals surface area contributed by atoms with Gasteiger partial charge in [-0.3, -0.25) is 9.59 Å². The number of rotatable bonds is 6. The van der Waals surface area contributed by atoms with Crippen LogP contribution in [0.5, 0.6) is 0 Å². The Hall–Kier alpha value is -2.99. The van der Waals surface area contributed by atoms with Crippen molar-refractivity contribution in [3.8, 4) is 0 Å². The molecule has 1 N–H and O–H groups in total. The Labute approximate surface area is 156 Å². The number of nitrogens with one attached hydrogen (secondary N) is 1. The molecule has 0 atom stereocenters. The fourth-order valence-corrected chi connectivity index (χ4v) is 3.16. The average Bonchev–Trinajstić information content (AvgIpc) is 3.20. The molecule has 0 radical (unpaired) electrons. The molecule has 0 aliphatic carbocycles. The summed E-state index contributed by atoms with van der Waals surface area (Å²) in [5.41, 5.74) is 1.68. The molecule has 0 unspecified atom stereocenters. The molecular formula is C20H19N3O2S. The number of benzene rings is 1. The fraction of sp³-hybridized carbons (Fsp3) is 0.150. The summed E-state index contributed by atoms with van der Waals surface area (Å²) in [6.45, 7) is 0.348. The van der Waals surface area contributed by atoms with Gasteiger partial charge in [0.1, 0.15) is 5.82 Å². The van der Waals surface area contributed by atoms with Crippen molar-refractivity contribution in [3.63, 3.8) is 0 Å². The second-order valence-electron chi connectivity index (χ2n) is 5.95. The predicted molar refractivity (Wildman–Crippen MR) is 104 cm³/mol. The van der Waals surface area contributed by atoms with E-state index in [0.29, 0.717) is 22.5 Å². The van der Waals surface area contributed by atoms with Gasteiger partial charge < -0.3 is 10.2 Å². The lowest BCUT2D eigenvalue weighted by Gasteiger charge is -2.12. The van der Waals surface area contributed by atoms with Crippen LogP contribution >= 0.6 is 11.3 Å². The first kappa shape index (κ1) is 17.8. The van der Waals surface area contributed by atoms with Gasteiger partial charge in [-0.05, 0) is 29.1 Å². The number of ketones is 1. The molecule has 132 valence electrons.